The van der Waals surface area contributed by atoms with Crippen LogP contribution in [0.25, 0.3) is 10.8 Å². The fourth-order valence-electron chi connectivity index (χ4n) is 3.54. The summed E-state index contributed by atoms with van der Waals surface area (Å²) >= 11 is 0. The molecule has 1 fully saturated rings. The van der Waals surface area contributed by atoms with Gasteiger partial charge in [0.05, 0.1) is 25.9 Å². The molecule has 8 nitrogen and oxygen atoms in total. The molecule has 2 aromatic carbocycles. The van der Waals surface area contributed by atoms with E-state index in [0.717, 1.165) is 10.8 Å². The third-order valence-electron chi connectivity index (χ3n) is 5.38. The number of epoxide rings is 1. The Hall–Kier alpha value is -2.81. The fourth-order valence-corrected chi connectivity index (χ4v) is 3.54. The molecule has 1 aliphatic heterocycles. The van der Waals surface area contributed by atoms with Gasteiger partial charge < -0.3 is 25.6 Å². The van der Waals surface area contributed by atoms with Crippen LogP contribution in [0.5, 0.6) is 0 Å². The summed E-state index contributed by atoms with van der Waals surface area (Å²) in [6, 6.07) is 10.5. The monoisotopic (exact) mass is 428 g/mol. The Labute approximate surface area is 180 Å². The van der Waals surface area contributed by atoms with E-state index in [-0.39, 0.29) is 12.5 Å². The largest absolute Gasteiger partial charge is 0.394 e. The third kappa shape index (κ3) is 5.10. The Balaban J connectivity index is 1.73. The lowest BCUT2D eigenvalue weighted by Crippen LogP contribution is -2.55. The number of nitrogens with one attached hydrogen (secondary N) is 2. The molecule has 0 saturated carbocycles. The van der Waals surface area contributed by atoms with Crippen molar-refractivity contribution >= 4 is 28.4 Å². The highest BCUT2D eigenvalue weighted by atomic mass is 16.6. The number of hydrogen-bond donors (Lipinski definition) is 4. The molecule has 1 saturated heterocycles. The summed E-state index contributed by atoms with van der Waals surface area (Å²) in [5, 5.41) is 26.0. The van der Waals surface area contributed by atoms with E-state index >= 15 is 0 Å². The molecule has 3 rings (SSSR count). The quantitative estimate of drug-likeness (QED) is 0.414. The van der Waals surface area contributed by atoms with E-state index in [9.17, 15) is 24.6 Å². The summed E-state index contributed by atoms with van der Waals surface area (Å²) < 4.78 is 5.13. The van der Waals surface area contributed by atoms with Gasteiger partial charge in [0.1, 0.15) is 6.04 Å². The van der Waals surface area contributed by atoms with Crippen molar-refractivity contribution in [2.24, 2.45) is 5.92 Å². The Morgan fingerprint density at radius 1 is 1.03 bits per heavy atom. The lowest BCUT2D eigenvalue weighted by molar-refractivity contribution is -0.133. The molecule has 2 amide bonds. The molecule has 4 N–H and O–H groups in total. The normalized spacial score (nSPS) is 19.6. The topological polar surface area (TPSA) is 128 Å². The zero-order valence-electron chi connectivity index (χ0n) is 17.6. The van der Waals surface area contributed by atoms with Crippen molar-refractivity contribution < 1.29 is 29.3 Å². The molecule has 3 atom stereocenters. The molecule has 166 valence electrons. The van der Waals surface area contributed by atoms with E-state index in [1.54, 1.807) is 18.2 Å². The molecule has 0 aliphatic carbocycles. The second kappa shape index (κ2) is 9.55. The number of fused-ring (bicyclic) bond motifs is 1. The molecule has 0 spiro atoms. The van der Waals surface area contributed by atoms with Gasteiger partial charge in [0.15, 0.2) is 11.4 Å². The van der Waals surface area contributed by atoms with Crippen LogP contribution in [0.3, 0.4) is 0 Å². The maximum Gasteiger partial charge on any atom is 0.252 e. The molecule has 0 radical (unpaired) electrons. The van der Waals surface area contributed by atoms with Crippen LogP contribution in [0.2, 0.25) is 0 Å². The molecule has 0 bridgehead atoms. The van der Waals surface area contributed by atoms with Crippen molar-refractivity contribution in [1.82, 2.24) is 10.6 Å². The fraction of sp³-hybridized carbons (Fsp3) is 0.435. The highest BCUT2D eigenvalue weighted by Crippen LogP contribution is 2.30. The summed E-state index contributed by atoms with van der Waals surface area (Å²) in [6.07, 6.45) is 0.338. The number of carbonyl (C=O) groups excluding carboxylic acids is 3. The van der Waals surface area contributed by atoms with Gasteiger partial charge in [0, 0.05) is 5.56 Å². The number of aliphatic hydroxyl groups excluding tert-OH is 2. The van der Waals surface area contributed by atoms with Crippen LogP contribution in [0.4, 0.5) is 0 Å². The Morgan fingerprint density at radius 3 is 2.32 bits per heavy atom. The van der Waals surface area contributed by atoms with Crippen molar-refractivity contribution in [3.63, 3.8) is 0 Å². The number of rotatable bonds is 10. The standard InChI is InChI=1S/C23H28N2O6/c1-14(2)10-18(20(28)23(12-27)13-31-23)24-22(30)19(11-26)25-21(29)17-9-5-7-15-6-3-4-8-16(15)17/h3-9,14,18-19,26-27H,10-13H2,1-2H3,(H,24,30)(H,25,29)/t18-,19-,23?/m0/s1. The SMILES string of the molecule is CC(C)C[C@H](NC(=O)[C@H](CO)NC(=O)c1cccc2ccccc12)C(=O)C1(CO)CO1. The smallest absolute Gasteiger partial charge is 0.252 e. The summed E-state index contributed by atoms with van der Waals surface area (Å²) in [4.78, 5) is 38.4. The van der Waals surface area contributed by atoms with E-state index in [4.69, 9.17) is 4.74 Å². The van der Waals surface area contributed by atoms with Crippen LogP contribution < -0.4 is 10.6 Å². The zero-order valence-corrected chi connectivity index (χ0v) is 17.6. The predicted molar refractivity (Wildman–Crippen MR) is 114 cm³/mol. The second-order valence-electron chi connectivity index (χ2n) is 8.23. The van der Waals surface area contributed by atoms with Crippen molar-refractivity contribution in [3.8, 4) is 0 Å². The first-order valence-electron chi connectivity index (χ1n) is 10.3. The minimum Gasteiger partial charge on any atom is -0.394 e. The van der Waals surface area contributed by atoms with Gasteiger partial charge >= 0.3 is 0 Å². The maximum atomic E-state index is 12.8. The van der Waals surface area contributed by atoms with E-state index in [2.05, 4.69) is 10.6 Å². The van der Waals surface area contributed by atoms with Gasteiger partial charge in [-0.2, -0.15) is 0 Å². The van der Waals surface area contributed by atoms with Crippen LogP contribution in [-0.2, 0) is 14.3 Å². The molecule has 1 heterocycles. The van der Waals surface area contributed by atoms with E-state index in [1.807, 2.05) is 38.1 Å². The Morgan fingerprint density at radius 2 is 1.71 bits per heavy atom. The lowest BCUT2D eigenvalue weighted by atomic mass is 9.92. The number of carbonyl (C=O) groups is 3. The number of amides is 2. The van der Waals surface area contributed by atoms with Crippen LogP contribution >= 0.6 is 0 Å². The Kier molecular flexibility index (Phi) is 7.04. The molecule has 1 unspecified atom stereocenters. The highest BCUT2D eigenvalue weighted by molar-refractivity contribution is 6.08. The minimum atomic E-state index is -1.27. The van der Waals surface area contributed by atoms with Crippen LogP contribution in [0.15, 0.2) is 42.5 Å². The molecule has 8 heteroatoms. The molecule has 31 heavy (non-hydrogen) atoms. The molecule has 2 aromatic rings. The number of Topliss-reactive ketones (excluding diaryl/α,β-unsaturated/α-hetero) is 1. The van der Waals surface area contributed by atoms with Crippen LogP contribution in [-0.4, -0.2) is 65.3 Å². The number of ketones is 1. The first-order valence-corrected chi connectivity index (χ1v) is 10.3. The molecule has 1 aliphatic rings. The summed E-state index contributed by atoms with van der Waals surface area (Å²) in [5.74, 6) is -1.50. The third-order valence-corrected chi connectivity index (χ3v) is 5.38. The average Bonchev–Trinajstić information content (AvgIpc) is 3.56. The molecule has 0 aromatic heterocycles. The summed E-state index contributed by atoms with van der Waals surface area (Å²) in [6.45, 7) is 2.81. The number of benzene rings is 2. The number of ether oxygens (including phenoxy) is 1. The van der Waals surface area contributed by atoms with Gasteiger partial charge in [0.25, 0.3) is 5.91 Å². The van der Waals surface area contributed by atoms with Crippen molar-refractivity contribution in [1.29, 1.82) is 0 Å². The predicted octanol–water partition coefficient (Wildman–Crippen LogP) is 0.792. The van der Waals surface area contributed by atoms with Gasteiger partial charge in [-0.25, -0.2) is 0 Å². The van der Waals surface area contributed by atoms with Gasteiger partial charge in [-0.05, 0) is 29.2 Å². The molecular weight excluding hydrogens is 400 g/mol. The van der Waals surface area contributed by atoms with Crippen LogP contribution in [0.1, 0.15) is 30.6 Å². The number of hydrogen-bond acceptors (Lipinski definition) is 6. The van der Waals surface area contributed by atoms with Crippen molar-refractivity contribution in [2.75, 3.05) is 19.8 Å². The summed E-state index contributed by atoms with van der Waals surface area (Å²) in [5.41, 5.74) is -0.891. The van der Waals surface area contributed by atoms with E-state index in [1.165, 1.54) is 0 Å². The number of aliphatic hydroxyl groups is 2. The highest BCUT2D eigenvalue weighted by Gasteiger charge is 2.54. The van der Waals surface area contributed by atoms with E-state index < -0.39 is 48.5 Å². The minimum absolute atomic E-state index is 0.0848. The van der Waals surface area contributed by atoms with Crippen molar-refractivity contribution in [2.45, 2.75) is 38.0 Å². The zero-order chi connectivity index (χ0) is 22.6. The van der Waals surface area contributed by atoms with Crippen molar-refractivity contribution in [3.05, 3.63) is 48.0 Å². The Bertz CT molecular complexity index is 964. The average molecular weight is 428 g/mol. The first kappa shape index (κ1) is 22.9. The maximum absolute atomic E-state index is 12.8. The van der Waals surface area contributed by atoms with Gasteiger partial charge in [-0.15, -0.1) is 0 Å². The summed E-state index contributed by atoms with van der Waals surface area (Å²) in [7, 11) is 0. The van der Waals surface area contributed by atoms with E-state index in [0.29, 0.717) is 12.0 Å². The van der Waals surface area contributed by atoms with Gasteiger partial charge in [-0.3, -0.25) is 14.4 Å². The second-order valence-corrected chi connectivity index (χ2v) is 8.23. The van der Waals surface area contributed by atoms with Gasteiger partial charge in [-0.1, -0.05) is 50.2 Å². The van der Waals surface area contributed by atoms with Crippen LogP contribution in [0, 0.1) is 5.92 Å². The molecular formula is C23H28N2O6. The first-order chi connectivity index (χ1) is 14.8. The lowest BCUT2D eigenvalue weighted by Gasteiger charge is -2.24. The van der Waals surface area contributed by atoms with Gasteiger partial charge in [0.2, 0.25) is 5.91 Å².